The van der Waals surface area contributed by atoms with Crippen LogP contribution in [0.5, 0.6) is 0 Å². The second-order valence-electron chi connectivity index (χ2n) is 2.39. The van der Waals surface area contributed by atoms with Crippen molar-refractivity contribution in [3.63, 3.8) is 0 Å². The van der Waals surface area contributed by atoms with E-state index in [1.807, 2.05) is 0 Å². The zero-order chi connectivity index (χ0) is 9.26. The van der Waals surface area contributed by atoms with Crippen LogP contribution in [0.15, 0.2) is 12.5 Å². The Morgan fingerprint density at radius 1 is 1.54 bits per heavy atom. The highest BCUT2D eigenvalue weighted by atomic mass is 19.1. The van der Waals surface area contributed by atoms with E-state index in [1.54, 1.807) is 0 Å². The lowest BCUT2D eigenvalue weighted by molar-refractivity contribution is 0.269. The fraction of sp³-hybridized carbons (Fsp3) is 0.143. The van der Waals surface area contributed by atoms with Crippen molar-refractivity contribution in [3.8, 4) is 0 Å². The molecule has 0 saturated carbocycles. The summed E-state index contributed by atoms with van der Waals surface area (Å²) >= 11 is 0. The lowest BCUT2D eigenvalue weighted by atomic mass is 10.4. The summed E-state index contributed by atoms with van der Waals surface area (Å²) < 4.78 is 13.1. The first-order valence-electron chi connectivity index (χ1n) is 3.59. The van der Waals surface area contributed by atoms with Gasteiger partial charge in [-0.15, -0.1) is 0 Å². The van der Waals surface area contributed by atoms with Gasteiger partial charge < -0.3 is 4.98 Å². The van der Waals surface area contributed by atoms with E-state index >= 15 is 0 Å². The number of anilines is 1. The molecule has 0 aromatic carbocycles. The maximum Gasteiger partial charge on any atom is 0.165 e. The molecule has 0 aliphatic heterocycles. The smallest absolute Gasteiger partial charge is 0.165 e. The molecule has 0 fully saturated rings. The molecule has 2 rings (SSSR count). The number of halogens is 1. The molecule has 0 saturated heterocycles. The number of hydrogen-bond donors (Lipinski definition) is 2. The number of nitrogens with zero attached hydrogens (tertiary/aromatic N) is 2. The van der Waals surface area contributed by atoms with Crippen LogP contribution in [0.4, 0.5) is 10.2 Å². The van der Waals surface area contributed by atoms with Gasteiger partial charge >= 0.3 is 0 Å². The molecule has 0 bridgehead atoms. The lowest BCUT2D eigenvalue weighted by Crippen LogP contribution is -1.99. The largest absolute Gasteiger partial charge is 0.343 e. The van der Waals surface area contributed by atoms with Crippen LogP contribution in [0.25, 0.3) is 11.0 Å². The zero-order valence-corrected chi connectivity index (χ0v) is 6.84. The van der Waals surface area contributed by atoms with E-state index < -0.39 is 5.82 Å². The molecule has 2 aromatic rings. The van der Waals surface area contributed by atoms with Gasteiger partial charge in [0.05, 0.1) is 12.5 Å². The highest BCUT2D eigenvalue weighted by Crippen LogP contribution is 2.21. The molecular weight excluding hydrogens is 175 g/mol. The Hall–Kier alpha value is -1.69. The van der Waals surface area contributed by atoms with Crippen LogP contribution in [0, 0.1) is 5.82 Å². The zero-order valence-electron chi connectivity index (χ0n) is 6.84. The predicted octanol–water partition coefficient (Wildman–Crippen LogP) is 1.07. The average Bonchev–Trinajstić information content (AvgIpc) is 2.50. The first-order valence-corrected chi connectivity index (χ1v) is 3.59. The molecule has 2 N–H and O–H groups in total. The molecule has 0 spiro atoms. The van der Waals surface area contributed by atoms with Crippen molar-refractivity contribution in [2.75, 3.05) is 12.6 Å². The maximum absolute atomic E-state index is 13.1. The third-order valence-electron chi connectivity index (χ3n) is 1.62. The molecule has 0 unspecified atom stereocenters. The molecule has 68 valence electrons. The van der Waals surface area contributed by atoms with Crippen LogP contribution in [-0.4, -0.2) is 22.1 Å². The molecule has 0 aliphatic rings. The molecule has 13 heavy (non-hydrogen) atoms. The van der Waals surface area contributed by atoms with Crippen LogP contribution in [0.2, 0.25) is 0 Å². The second kappa shape index (κ2) is 2.98. The second-order valence-corrected chi connectivity index (χ2v) is 2.39. The molecule has 2 aromatic heterocycles. The van der Waals surface area contributed by atoms with Gasteiger partial charge in [0.15, 0.2) is 11.6 Å². The minimum Gasteiger partial charge on any atom is -0.343 e. The molecular formula is C7H7FN4O. The van der Waals surface area contributed by atoms with Crippen LogP contribution in [0.1, 0.15) is 0 Å². The Labute approximate surface area is 72.9 Å². The van der Waals surface area contributed by atoms with Gasteiger partial charge in [-0.2, -0.15) is 0 Å². The summed E-state index contributed by atoms with van der Waals surface area (Å²) in [5, 5.41) is 0.296. The van der Waals surface area contributed by atoms with E-state index in [-0.39, 0.29) is 0 Å². The van der Waals surface area contributed by atoms with E-state index in [0.29, 0.717) is 16.9 Å². The fourth-order valence-electron chi connectivity index (χ4n) is 1.10. The van der Waals surface area contributed by atoms with Crippen LogP contribution in [0.3, 0.4) is 0 Å². The van der Waals surface area contributed by atoms with Gasteiger partial charge in [0, 0.05) is 6.20 Å². The highest BCUT2D eigenvalue weighted by molar-refractivity contribution is 5.86. The van der Waals surface area contributed by atoms with Crippen molar-refractivity contribution < 1.29 is 9.23 Å². The van der Waals surface area contributed by atoms with Gasteiger partial charge in [0.2, 0.25) is 0 Å². The van der Waals surface area contributed by atoms with Gasteiger partial charge in [0.25, 0.3) is 0 Å². The first-order chi connectivity index (χ1) is 6.33. The Kier molecular flexibility index (Phi) is 1.82. The molecule has 2 heterocycles. The molecule has 0 aliphatic carbocycles. The van der Waals surface area contributed by atoms with Crippen LogP contribution >= 0.6 is 0 Å². The molecule has 0 amide bonds. The van der Waals surface area contributed by atoms with Crippen molar-refractivity contribution in [2.24, 2.45) is 0 Å². The monoisotopic (exact) mass is 182 g/mol. The number of aromatic amines is 1. The van der Waals surface area contributed by atoms with Crippen LogP contribution in [-0.2, 0) is 4.84 Å². The van der Waals surface area contributed by atoms with E-state index in [2.05, 4.69) is 25.3 Å². The van der Waals surface area contributed by atoms with Crippen molar-refractivity contribution >= 4 is 16.9 Å². The summed E-state index contributed by atoms with van der Waals surface area (Å²) in [7, 11) is 1.43. The summed E-state index contributed by atoms with van der Waals surface area (Å²) in [5.41, 5.74) is 2.90. The van der Waals surface area contributed by atoms with Crippen LogP contribution < -0.4 is 5.48 Å². The third-order valence-corrected chi connectivity index (χ3v) is 1.62. The third kappa shape index (κ3) is 1.20. The Bertz CT molecular complexity index is 427. The van der Waals surface area contributed by atoms with E-state index in [0.717, 1.165) is 0 Å². The molecule has 5 nitrogen and oxygen atoms in total. The molecule has 0 atom stereocenters. The SMILES string of the molecule is CONc1ncnc2[nH]cc(F)c12. The quantitative estimate of drug-likeness (QED) is 0.682. The van der Waals surface area contributed by atoms with E-state index in [1.165, 1.54) is 19.6 Å². The fourth-order valence-corrected chi connectivity index (χ4v) is 1.10. The van der Waals surface area contributed by atoms with E-state index in [4.69, 9.17) is 0 Å². The van der Waals surface area contributed by atoms with Gasteiger partial charge in [-0.1, -0.05) is 0 Å². The Morgan fingerprint density at radius 2 is 2.38 bits per heavy atom. The number of aromatic nitrogens is 3. The van der Waals surface area contributed by atoms with Crippen molar-refractivity contribution in [1.82, 2.24) is 15.0 Å². The van der Waals surface area contributed by atoms with Gasteiger partial charge in [-0.3, -0.25) is 4.84 Å². The maximum atomic E-state index is 13.1. The minimum atomic E-state index is -0.407. The summed E-state index contributed by atoms with van der Waals surface area (Å²) in [4.78, 5) is 15.0. The molecule has 6 heteroatoms. The number of H-pyrrole nitrogens is 1. The summed E-state index contributed by atoms with van der Waals surface area (Å²) in [5.74, 6) is -0.0959. The molecule has 0 radical (unpaired) electrons. The lowest BCUT2D eigenvalue weighted by Gasteiger charge is -2.01. The van der Waals surface area contributed by atoms with Crippen molar-refractivity contribution in [2.45, 2.75) is 0 Å². The number of nitrogens with one attached hydrogen (secondary N) is 2. The Balaban J connectivity index is 2.65. The highest BCUT2D eigenvalue weighted by Gasteiger charge is 2.09. The normalized spacial score (nSPS) is 10.6. The topological polar surface area (TPSA) is 62.8 Å². The van der Waals surface area contributed by atoms with Gasteiger partial charge in [-0.05, 0) is 0 Å². The Morgan fingerprint density at radius 3 is 3.15 bits per heavy atom. The van der Waals surface area contributed by atoms with Crippen molar-refractivity contribution in [1.29, 1.82) is 0 Å². The first kappa shape index (κ1) is 7.93. The minimum absolute atomic E-state index is 0.296. The average molecular weight is 182 g/mol. The predicted molar refractivity (Wildman–Crippen MR) is 44.5 cm³/mol. The standard InChI is InChI=1S/C7H7FN4O/c1-13-12-7-5-4(8)2-9-6(5)10-3-11-7/h2-3H,1H3,(H2,9,10,11,12). The van der Waals surface area contributed by atoms with Crippen molar-refractivity contribution in [3.05, 3.63) is 18.3 Å². The summed E-state index contributed by atoms with van der Waals surface area (Å²) in [6.45, 7) is 0. The van der Waals surface area contributed by atoms with Gasteiger partial charge in [0.1, 0.15) is 12.0 Å². The number of fused-ring (bicyclic) bond motifs is 1. The van der Waals surface area contributed by atoms with Gasteiger partial charge in [-0.25, -0.2) is 19.8 Å². The summed E-state index contributed by atoms with van der Waals surface area (Å²) in [6, 6.07) is 0. The summed E-state index contributed by atoms with van der Waals surface area (Å²) in [6.07, 6.45) is 2.54. The van der Waals surface area contributed by atoms with E-state index in [9.17, 15) is 4.39 Å². The number of hydrogen-bond acceptors (Lipinski definition) is 4. The number of rotatable bonds is 2.